The maximum absolute atomic E-state index is 12.8. The molecule has 0 aromatic carbocycles. The van der Waals surface area contributed by atoms with Crippen molar-refractivity contribution in [2.45, 2.75) is 167 Å². The highest BCUT2D eigenvalue weighted by molar-refractivity contribution is 7.47. The molecule has 3 N–H and O–H groups in total. The lowest BCUT2D eigenvalue weighted by Crippen LogP contribution is -2.46. The average Bonchev–Trinajstić information content (AvgIpc) is 3.09. The van der Waals surface area contributed by atoms with E-state index in [0.29, 0.717) is 23.9 Å². The molecule has 0 heterocycles. The summed E-state index contributed by atoms with van der Waals surface area (Å²) in [7, 11) is 1.59. The number of nitrogens with zero attached hydrogens (tertiary/aromatic N) is 1. The van der Waals surface area contributed by atoms with Crippen molar-refractivity contribution in [3.8, 4) is 0 Å². The molecule has 0 fully saturated rings. The maximum atomic E-state index is 12.8. The van der Waals surface area contributed by atoms with Crippen molar-refractivity contribution >= 4 is 13.7 Å². The van der Waals surface area contributed by atoms with Crippen LogP contribution >= 0.6 is 7.82 Å². The molecule has 9 heteroatoms. The molecule has 0 saturated heterocycles. The van der Waals surface area contributed by atoms with Gasteiger partial charge in [-0.1, -0.05) is 152 Å². The summed E-state index contributed by atoms with van der Waals surface area (Å²) in [6.07, 6.45) is 43.9. The Kier molecular flexibility index (Phi) is 33.7. The molecule has 302 valence electrons. The van der Waals surface area contributed by atoms with Crippen LogP contribution in [0.2, 0.25) is 0 Å². The van der Waals surface area contributed by atoms with E-state index in [4.69, 9.17) is 9.05 Å². The molecule has 0 aliphatic rings. The summed E-state index contributed by atoms with van der Waals surface area (Å²) in [5, 5.41) is 13.8. The highest BCUT2D eigenvalue weighted by Gasteiger charge is 2.28. The van der Waals surface area contributed by atoms with E-state index in [9.17, 15) is 19.4 Å². The van der Waals surface area contributed by atoms with Crippen molar-refractivity contribution in [3.63, 3.8) is 0 Å². The molecule has 3 atom stereocenters. The van der Waals surface area contributed by atoms with Gasteiger partial charge in [0.1, 0.15) is 13.2 Å². The predicted molar refractivity (Wildman–Crippen MR) is 221 cm³/mol. The average molecular weight is 752 g/mol. The Morgan fingerprint density at radius 3 is 1.69 bits per heavy atom. The summed E-state index contributed by atoms with van der Waals surface area (Å²) < 4.78 is 23.5. The fraction of sp³-hybridized carbons (Fsp3) is 0.744. The third-order valence-corrected chi connectivity index (χ3v) is 9.76. The second kappa shape index (κ2) is 34.9. The number of likely N-dealkylation sites (N-methyl/N-ethyl adjacent to an activating group) is 1. The van der Waals surface area contributed by atoms with Crippen LogP contribution in [0.5, 0.6) is 0 Å². The number of quaternary nitrogens is 1. The topological polar surface area (TPSA) is 105 Å². The summed E-state index contributed by atoms with van der Waals surface area (Å²) in [6.45, 7) is 4.70. The Morgan fingerprint density at radius 1 is 0.673 bits per heavy atom. The lowest BCUT2D eigenvalue weighted by Gasteiger charge is -2.26. The van der Waals surface area contributed by atoms with Gasteiger partial charge in [-0.2, -0.15) is 0 Å². The second-order valence-corrected chi connectivity index (χ2v) is 16.4. The van der Waals surface area contributed by atoms with Gasteiger partial charge < -0.3 is 19.8 Å². The highest BCUT2D eigenvalue weighted by atomic mass is 31.2. The van der Waals surface area contributed by atoms with E-state index in [1.165, 1.54) is 38.5 Å². The first-order valence-electron chi connectivity index (χ1n) is 20.7. The number of amides is 1. The number of carbonyl (C=O) groups is 1. The van der Waals surface area contributed by atoms with Crippen molar-refractivity contribution in [1.29, 1.82) is 0 Å². The normalized spacial score (nSPS) is 15.1. The quantitative estimate of drug-likeness (QED) is 0.0255. The Labute approximate surface area is 320 Å². The van der Waals surface area contributed by atoms with Crippen LogP contribution in [-0.4, -0.2) is 73.4 Å². The van der Waals surface area contributed by atoms with E-state index in [-0.39, 0.29) is 19.1 Å². The summed E-state index contributed by atoms with van der Waals surface area (Å²) in [6, 6.07) is -0.771. The molecule has 0 aromatic rings. The molecule has 0 saturated carbocycles. The predicted octanol–water partition coefficient (Wildman–Crippen LogP) is 11.1. The van der Waals surface area contributed by atoms with Crippen LogP contribution in [0.4, 0.5) is 0 Å². The molecule has 0 radical (unpaired) electrons. The molecule has 0 aromatic heterocycles. The zero-order valence-corrected chi connectivity index (χ0v) is 34.9. The second-order valence-electron chi connectivity index (χ2n) is 15.0. The third-order valence-electron chi connectivity index (χ3n) is 8.78. The van der Waals surface area contributed by atoms with Crippen LogP contribution in [-0.2, 0) is 18.4 Å². The number of allylic oxidation sites excluding steroid dienone is 10. The zero-order valence-electron chi connectivity index (χ0n) is 34.0. The first kappa shape index (κ1) is 50.2. The first-order valence-corrected chi connectivity index (χ1v) is 22.1. The number of carbonyl (C=O) groups excluding carboxylic acids is 1. The fourth-order valence-electron chi connectivity index (χ4n) is 5.48. The number of hydrogen-bond acceptors (Lipinski definition) is 5. The third kappa shape index (κ3) is 36.6. The molecule has 0 aliphatic carbocycles. The van der Waals surface area contributed by atoms with E-state index in [1.54, 1.807) is 0 Å². The minimum Gasteiger partial charge on any atom is -0.391 e. The number of rotatable bonds is 36. The minimum atomic E-state index is -4.31. The molecular formula is C43H80N2O6P+. The van der Waals surface area contributed by atoms with Gasteiger partial charge in [0.15, 0.2) is 0 Å². The van der Waals surface area contributed by atoms with Gasteiger partial charge in [0.05, 0.1) is 39.9 Å². The van der Waals surface area contributed by atoms with Crippen molar-refractivity contribution in [1.82, 2.24) is 5.32 Å². The standard InChI is InChI=1S/C43H79N2O6P/c1-6-8-10-12-14-16-17-18-19-20-21-22-23-24-25-26-27-29-31-33-35-37-43(47)44-41(40-51-52(48,49)50-39-38-45(3,4)5)42(46)36-34-32-30-28-15-13-11-9-7-2/h8,10,14,16,18-19,21-22,24-25,41-42,46H,6-7,9,11-13,15,17,20,23,26-40H2,1-5H3,(H-,44,47,48,49)/p+1/b10-8-,16-14-,19-18-,22-21-,25-24-. The van der Waals surface area contributed by atoms with Crippen molar-refractivity contribution in [3.05, 3.63) is 60.8 Å². The number of hydrogen-bond donors (Lipinski definition) is 3. The molecule has 0 bridgehead atoms. The molecular weight excluding hydrogens is 671 g/mol. The van der Waals surface area contributed by atoms with E-state index in [1.807, 2.05) is 21.1 Å². The first-order chi connectivity index (χ1) is 25.0. The van der Waals surface area contributed by atoms with Crippen molar-refractivity contribution in [2.24, 2.45) is 0 Å². The molecule has 1 amide bonds. The summed E-state index contributed by atoms with van der Waals surface area (Å²) in [5.41, 5.74) is 0. The summed E-state index contributed by atoms with van der Waals surface area (Å²) in [4.78, 5) is 23.0. The van der Waals surface area contributed by atoms with Gasteiger partial charge in [0.2, 0.25) is 5.91 Å². The van der Waals surface area contributed by atoms with Gasteiger partial charge in [-0.3, -0.25) is 13.8 Å². The maximum Gasteiger partial charge on any atom is 0.472 e. The molecule has 52 heavy (non-hydrogen) atoms. The van der Waals surface area contributed by atoms with Crippen molar-refractivity contribution < 1.29 is 32.9 Å². The monoisotopic (exact) mass is 752 g/mol. The Morgan fingerprint density at radius 2 is 1.15 bits per heavy atom. The van der Waals surface area contributed by atoms with Gasteiger partial charge in [-0.05, 0) is 57.8 Å². The number of aliphatic hydroxyl groups excluding tert-OH is 1. The van der Waals surface area contributed by atoms with E-state index < -0.39 is 20.0 Å². The molecule has 0 aliphatic heterocycles. The number of phosphoric ester groups is 1. The summed E-state index contributed by atoms with van der Waals surface area (Å²) >= 11 is 0. The van der Waals surface area contributed by atoms with Gasteiger partial charge in [-0.15, -0.1) is 0 Å². The van der Waals surface area contributed by atoms with Gasteiger partial charge >= 0.3 is 7.82 Å². The Hall–Kier alpha value is -1.80. The van der Waals surface area contributed by atoms with Crippen LogP contribution in [0.15, 0.2) is 60.8 Å². The van der Waals surface area contributed by atoms with Crippen LogP contribution in [0, 0.1) is 0 Å². The fourth-order valence-corrected chi connectivity index (χ4v) is 6.22. The molecule has 0 spiro atoms. The van der Waals surface area contributed by atoms with Gasteiger partial charge in [0, 0.05) is 6.42 Å². The van der Waals surface area contributed by atoms with Crippen molar-refractivity contribution in [2.75, 3.05) is 40.9 Å². The molecule has 8 nitrogen and oxygen atoms in total. The Balaban J connectivity index is 4.37. The van der Waals surface area contributed by atoms with Crippen LogP contribution in [0.3, 0.4) is 0 Å². The lowest BCUT2D eigenvalue weighted by atomic mass is 10.0. The zero-order chi connectivity index (χ0) is 38.6. The minimum absolute atomic E-state index is 0.0671. The number of nitrogens with one attached hydrogen (secondary N) is 1. The van der Waals surface area contributed by atoms with Crippen LogP contribution in [0.1, 0.15) is 155 Å². The molecule has 3 unspecified atom stereocenters. The van der Waals surface area contributed by atoms with E-state index in [2.05, 4.69) is 79.9 Å². The number of phosphoric acid groups is 1. The molecule has 0 rings (SSSR count). The van der Waals surface area contributed by atoms with E-state index >= 15 is 0 Å². The number of unbranched alkanes of at least 4 members (excludes halogenated alkanes) is 13. The SMILES string of the molecule is CC/C=C\C/C=C\C/C=C\C/C=C\C/C=C\CCCCCCCC(=O)NC(COP(=O)(O)OCC[N+](C)(C)C)C(O)CCCCCCCCCCC. The van der Waals surface area contributed by atoms with Gasteiger partial charge in [-0.25, -0.2) is 4.57 Å². The lowest BCUT2D eigenvalue weighted by molar-refractivity contribution is -0.870. The summed E-state index contributed by atoms with van der Waals surface area (Å²) in [5.74, 6) is -0.169. The highest BCUT2D eigenvalue weighted by Crippen LogP contribution is 2.43. The van der Waals surface area contributed by atoms with Gasteiger partial charge in [0.25, 0.3) is 0 Å². The number of aliphatic hydroxyl groups is 1. The van der Waals surface area contributed by atoms with Crippen LogP contribution < -0.4 is 5.32 Å². The Bertz CT molecular complexity index is 1030. The smallest absolute Gasteiger partial charge is 0.391 e. The van der Waals surface area contributed by atoms with E-state index in [0.717, 1.165) is 89.9 Å². The van der Waals surface area contributed by atoms with Crippen LogP contribution in [0.25, 0.3) is 0 Å². The largest absolute Gasteiger partial charge is 0.472 e.